The summed E-state index contributed by atoms with van der Waals surface area (Å²) in [4.78, 5) is 0. The summed E-state index contributed by atoms with van der Waals surface area (Å²) >= 11 is 0. The van der Waals surface area contributed by atoms with Crippen LogP contribution in [0.25, 0.3) is 0 Å². The molecule has 0 saturated carbocycles. The Balaban J connectivity index is 1.08. The van der Waals surface area contributed by atoms with Crippen LogP contribution in [0.4, 0.5) is 0 Å². The molecule has 7 saturated heterocycles. The van der Waals surface area contributed by atoms with E-state index in [4.69, 9.17) is 61.6 Å². The molecular formula is C42H72O36. The van der Waals surface area contributed by atoms with Gasteiger partial charge in [0.05, 0.1) is 46.2 Å². The molecule has 78 heavy (non-hydrogen) atoms. The summed E-state index contributed by atoms with van der Waals surface area (Å²) < 4.78 is 72.0. The zero-order chi connectivity index (χ0) is 57.3. The smallest absolute Gasteiger partial charge is 0.187 e. The van der Waals surface area contributed by atoms with Gasteiger partial charge in [-0.1, -0.05) is 0 Å². The molecule has 456 valence electrons. The number of ether oxygens (including phenoxy) is 13. The molecule has 0 unspecified atom stereocenters. The van der Waals surface area contributed by atoms with Crippen molar-refractivity contribution in [1.82, 2.24) is 0 Å². The summed E-state index contributed by atoms with van der Waals surface area (Å²) in [6, 6.07) is 0. The minimum Gasteiger partial charge on any atom is -0.394 e. The summed E-state index contributed by atoms with van der Waals surface area (Å²) in [7, 11) is 0. The first-order valence-electron chi connectivity index (χ1n) is 24.7. The average molecular weight is 1150 g/mol. The number of hydrogen-bond donors (Lipinski definition) is 23. The molecule has 7 heterocycles. The Morgan fingerprint density at radius 1 is 0.218 bits per heavy atom. The summed E-state index contributed by atoms with van der Waals surface area (Å²) in [5.74, 6) is 0. The fourth-order valence-electron chi connectivity index (χ4n) is 9.77. The van der Waals surface area contributed by atoms with Gasteiger partial charge in [-0.15, -0.1) is 0 Å². The zero-order valence-electron chi connectivity index (χ0n) is 40.8. The lowest BCUT2D eigenvalue weighted by atomic mass is 9.95. The second kappa shape index (κ2) is 27.5. The highest BCUT2D eigenvalue weighted by Gasteiger charge is 2.58. The van der Waals surface area contributed by atoms with Gasteiger partial charge in [0.25, 0.3) is 0 Å². The molecule has 7 aliphatic heterocycles. The van der Waals surface area contributed by atoms with Crippen LogP contribution in [0.5, 0.6) is 0 Å². The summed E-state index contributed by atoms with van der Waals surface area (Å²) in [6.07, 6.45) is -69.4. The highest BCUT2D eigenvalue weighted by molar-refractivity contribution is 5.00. The Morgan fingerprint density at radius 3 is 0.769 bits per heavy atom. The molecule has 0 aromatic heterocycles. The van der Waals surface area contributed by atoms with Crippen LogP contribution in [0.1, 0.15) is 0 Å². The maximum absolute atomic E-state index is 11.8. The maximum atomic E-state index is 11.8. The van der Waals surface area contributed by atoms with E-state index in [1.54, 1.807) is 0 Å². The van der Waals surface area contributed by atoms with Gasteiger partial charge >= 0.3 is 0 Å². The van der Waals surface area contributed by atoms with Crippen LogP contribution in [0.2, 0.25) is 0 Å². The van der Waals surface area contributed by atoms with Gasteiger partial charge in [0.15, 0.2) is 44.0 Å². The van der Waals surface area contributed by atoms with E-state index in [-0.39, 0.29) is 0 Å². The van der Waals surface area contributed by atoms with Crippen molar-refractivity contribution in [3.8, 4) is 0 Å². The van der Waals surface area contributed by atoms with Gasteiger partial charge in [0.1, 0.15) is 171 Å². The van der Waals surface area contributed by atoms with Crippen molar-refractivity contribution >= 4 is 0 Å². The third kappa shape index (κ3) is 13.2. The normalized spacial score (nSPS) is 53.5. The minimum atomic E-state index is -2.35. The van der Waals surface area contributed by atoms with Crippen molar-refractivity contribution in [2.24, 2.45) is 0 Å². The molecule has 0 aromatic carbocycles. The van der Waals surface area contributed by atoms with Crippen molar-refractivity contribution in [2.45, 2.75) is 215 Å². The molecule has 36 nitrogen and oxygen atoms in total. The molecule has 0 bridgehead atoms. The largest absolute Gasteiger partial charge is 0.394 e. The summed E-state index contributed by atoms with van der Waals surface area (Å²) in [6.45, 7) is -6.56. The van der Waals surface area contributed by atoms with Crippen LogP contribution in [0.3, 0.4) is 0 Å². The van der Waals surface area contributed by atoms with E-state index in [1.165, 1.54) is 0 Å². The monoisotopic (exact) mass is 1150 g/mol. The molecule has 0 aliphatic carbocycles. The van der Waals surface area contributed by atoms with E-state index >= 15 is 0 Å². The zero-order valence-corrected chi connectivity index (χ0v) is 40.8. The second-order valence-corrected chi connectivity index (χ2v) is 19.6. The first-order valence-corrected chi connectivity index (χ1v) is 24.7. The molecule has 0 spiro atoms. The molecule has 35 atom stereocenters. The lowest BCUT2D eigenvalue weighted by Gasteiger charge is -2.50. The van der Waals surface area contributed by atoms with E-state index in [1.807, 2.05) is 0 Å². The van der Waals surface area contributed by atoms with E-state index in [0.29, 0.717) is 0 Å². The van der Waals surface area contributed by atoms with Crippen LogP contribution in [-0.2, 0) is 61.6 Å². The van der Waals surface area contributed by atoms with Crippen LogP contribution >= 0.6 is 0 Å². The highest BCUT2D eigenvalue weighted by atomic mass is 16.8. The van der Waals surface area contributed by atoms with Gasteiger partial charge in [-0.3, -0.25) is 0 Å². The molecule has 0 amide bonds. The lowest BCUT2D eigenvalue weighted by Crippen LogP contribution is -2.68. The lowest BCUT2D eigenvalue weighted by molar-refractivity contribution is -0.397. The van der Waals surface area contributed by atoms with Crippen LogP contribution < -0.4 is 0 Å². The second-order valence-electron chi connectivity index (χ2n) is 19.6. The highest BCUT2D eigenvalue weighted by Crippen LogP contribution is 2.37. The van der Waals surface area contributed by atoms with Crippen LogP contribution in [0, 0.1) is 0 Å². The van der Waals surface area contributed by atoms with Gasteiger partial charge in [-0.2, -0.15) is 0 Å². The van der Waals surface area contributed by atoms with Gasteiger partial charge < -0.3 is 179 Å². The predicted molar refractivity (Wildman–Crippen MR) is 232 cm³/mol. The fourth-order valence-corrected chi connectivity index (χ4v) is 9.77. The van der Waals surface area contributed by atoms with Gasteiger partial charge in [0, 0.05) is 0 Å². The van der Waals surface area contributed by atoms with Gasteiger partial charge in [-0.05, 0) is 0 Å². The summed E-state index contributed by atoms with van der Waals surface area (Å²) in [5, 5.41) is 245. The first-order chi connectivity index (χ1) is 36.9. The molecule has 23 N–H and O–H groups in total. The van der Waals surface area contributed by atoms with E-state index in [9.17, 15) is 117 Å². The molecule has 7 aliphatic rings. The van der Waals surface area contributed by atoms with Crippen molar-refractivity contribution in [3.63, 3.8) is 0 Å². The Labute approximate surface area is 439 Å². The summed E-state index contributed by atoms with van der Waals surface area (Å²) in [5.41, 5.74) is 0. The SMILES string of the molecule is OC[C@H]1O[C@@H](OC[C@H]2O[C@@H](O)[C@H](O)[C@@H](O[C@@H]3O[C@H](CO)[C@@H](O)[C@H](O[C@@H]4O[C@H](CO)[C@@H](O)[C@H](O[C@@H]5O[C@H](CO[C@@H]6O[C@H](CO)[C@@H](O)[C@H](O)[C@H]6O)[C@@H](O)[C@H](O[C@@H]6O[C@H](CO)[C@@H](O)[C@H](O)[C@H]6O)[C@H]5O)[C@H]4O)[C@H]3O)[C@@H]2O)[C@H](O)[C@@H](O)[C@@H]1O. The van der Waals surface area contributed by atoms with Crippen LogP contribution in [-0.4, -0.2) is 379 Å². The maximum Gasteiger partial charge on any atom is 0.187 e. The average Bonchev–Trinajstić information content (AvgIpc) is 3.46. The van der Waals surface area contributed by atoms with E-state index in [2.05, 4.69) is 0 Å². The third-order valence-corrected chi connectivity index (χ3v) is 14.5. The van der Waals surface area contributed by atoms with Crippen molar-refractivity contribution < 1.29 is 179 Å². The Kier molecular flexibility index (Phi) is 22.6. The van der Waals surface area contributed by atoms with E-state index < -0.39 is 261 Å². The minimum absolute atomic E-state index is 0.810. The topological polar surface area (TPSA) is 585 Å². The van der Waals surface area contributed by atoms with E-state index in [0.717, 1.165) is 0 Å². The quantitative estimate of drug-likeness (QED) is 0.0571. The third-order valence-electron chi connectivity index (χ3n) is 14.5. The first kappa shape index (κ1) is 64.1. The number of aliphatic hydroxyl groups is 23. The molecule has 7 fully saturated rings. The molecule has 0 radical (unpaired) electrons. The van der Waals surface area contributed by atoms with Gasteiger partial charge in [-0.25, -0.2) is 0 Å². The van der Waals surface area contributed by atoms with Gasteiger partial charge in [0.2, 0.25) is 0 Å². The number of hydrogen-bond acceptors (Lipinski definition) is 36. The molecule has 0 aromatic rings. The number of rotatable bonds is 19. The standard InChI is InChI=1S/C42H72O36/c43-1-8-15(48)22(55)25(58)37(69-8)66-6-13-20(53)32(28(61)36(65)68-13)75-40-29(62)33(18(51)11(4-46)72-40)77-41-30(63)34(19(52)12(5-47)73-41)78-42-31(64)35(76-39-27(60)24(57)17(50)10(3-45)71-39)21(54)14(74-42)7-67-38-26(59)23(56)16(49)9(2-44)70-38/h8-65H,1-7H2/t8-,9-,10-,11-,12-,13-,14-,15-,16-,17-,18-,19-,20-,21-,22+,23+,24+,25-,26-,27-,28-,29-,30-,31-,32+,33+,34+,35+,36-,37-,38-,39+,40+,41+,42+/m1/s1. The Bertz CT molecular complexity index is 1810. The molecule has 36 heteroatoms. The van der Waals surface area contributed by atoms with Crippen LogP contribution in [0.15, 0.2) is 0 Å². The molecular weight excluding hydrogens is 1080 g/mol. The Morgan fingerprint density at radius 2 is 0.449 bits per heavy atom. The van der Waals surface area contributed by atoms with Crippen molar-refractivity contribution in [3.05, 3.63) is 0 Å². The molecule has 7 rings (SSSR count). The number of aliphatic hydroxyl groups excluding tert-OH is 23. The Hall–Kier alpha value is -1.44. The van der Waals surface area contributed by atoms with Crippen molar-refractivity contribution in [1.29, 1.82) is 0 Å². The predicted octanol–water partition coefficient (Wildman–Crippen LogP) is -16.3. The fraction of sp³-hybridized carbons (Fsp3) is 1.00. The van der Waals surface area contributed by atoms with Crippen molar-refractivity contribution in [2.75, 3.05) is 46.2 Å².